The van der Waals surface area contributed by atoms with Crippen LogP contribution in [0.5, 0.6) is 0 Å². The van der Waals surface area contributed by atoms with Crippen molar-refractivity contribution in [3.8, 4) is 5.69 Å². The first-order valence-electron chi connectivity index (χ1n) is 7.16. The van der Waals surface area contributed by atoms with E-state index in [-0.39, 0.29) is 5.91 Å². The Balaban J connectivity index is 2.09. The van der Waals surface area contributed by atoms with Crippen molar-refractivity contribution in [3.63, 3.8) is 0 Å². The summed E-state index contributed by atoms with van der Waals surface area (Å²) in [4.78, 5) is 12.2. The third-order valence-electron chi connectivity index (χ3n) is 3.37. The molecule has 0 saturated heterocycles. The molecule has 0 aliphatic rings. The Morgan fingerprint density at radius 1 is 1.29 bits per heavy atom. The van der Waals surface area contributed by atoms with Crippen molar-refractivity contribution >= 4 is 5.91 Å². The van der Waals surface area contributed by atoms with E-state index < -0.39 is 5.54 Å². The van der Waals surface area contributed by atoms with E-state index in [4.69, 9.17) is 0 Å². The van der Waals surface area contributed by atoms with Crippen molar-refractivity contribution in [2.24, 2.45) is 0 Å². The summed E-state index contributed by atoms with van der Waals surface area (Å²) in [6.45, 7) is 6.98. The normalized spacial score (nSPS) is 11.4. The third-order valence-corrected chi connectivity index (χ3v) is 3.37. The van der Waals surface area contributed by atoms with Gasteiger partial charge in [-0.3, -0.25) is 4.79 Å². The van der Waals surface area contributed by atoms with Crippen LogP contribution in [-0.2, 0) is 11.3 Å². The number of rotatable bonds is 6. The summed E-state index contributed by atoms with van der Waals surface area (Å²) in [7, 11) is 0. The second-order valence-corrected chi connectivity index (χ2v) is 5.42. The van der Waals surface area contributed by atoms with Gasteiger partial charge in [0.2, 0.25) is 5.91 Å². The quantitative estimate of drug-likeness (QED) is 0.852. The molecular weight excluding hydrogens is 264 g/mol. The number of para-hydroxylation sites is 1. The summed E-state index contributed by atoms with van der Waals surface area (Å²) in [5.74, 6) is -0.0142. The van der Waals surface area contributed by atoms with E-state index in [1.807, 2.05) is 57.3 Å². The SMILES string of the molecule is CCNC(C)(C)C(=O)NCc1ccccc1-n1cccn1. The summed E-state index contributed by atoms with van der Waals surface area (Å²) in [6, 6.07) is 9.79. The number of nitrogens with zero attached hydrogens (tertiary/aromatic N) is 2. The maximum Gasteiger partial charge on any atom is 0.239 e. The molecule has 0 radical (unpaired) electrons. The Kier molecular flexibility index (Phi) is 4.75. The maximum atomic E-state index is 12.2. The van der Waals surface area contributed by atoms with Crippen molar-refractivity contribution in [1.82, 2.24) is 20.4 Å². The minimum absolute atomic E-state index is 0.0142. The Bertz CT molecular complexity index is 590. The fraction of sp³-hybridized carbons (Fsp3) is 0.375. The molecule has 1 heterocycles. The van der Waals surface area contributed by atoms with Crippen LogP contribution in [-0.4, -0.2) is 27.8 Å². The van der Waals surface area contributed by atoms with Crippen LogP contribution in [0.2, 0.25) is 0 Å². The minimum atomic E-state index is -0.574. The van der Waals surface area contributed by atoms with E-state index in [1.165, 1.54) is 0 Å². The lowest BCUT2D eigenvalue weighted by Gasteiger charge is -2.24. The van der Waals surface area contributed by atoms with E-state index in [0.717, 1.165) is 17.8 Å². The molecule has 0 fully saturated rings. The number of amides is 1. The van der Waals surface area contributed by atoms with Crippen molar-refractivity contribution in [2.75, 3.05) is 6.54 Å². The third kappa shape index (κ3) is 3.70. The standard InChI is InChI=1S/C16H22N4O/c1-4-18-16(2,3)15(21)17-12-13-8-5-6-9-14(13)20-11-7-10-19-20/h5-11,18H,4,12H2,1-3H3,(H,17,21). The molecule has 0 unspecified atom stereocenters. The van der Waals surface area contributed by atoms with E-state index in [9.17, 15) is 4.79 Å². The van der Waals surface area contributed by atoms with E-state index in [0.29, 0.717) is 6.54 Å². The van der Waals surface area contributed by atoms with Crippen molar-refractivity contribution in [1.29, 1.82) is 0 Å². The molecule has 1 amide bonds. The van der Waals surface area contributed by atoms with Gasteiger partial charge in [0, 0.05) is 18.9 Å². The number of nitrogens with one attached hydrogen (secondary N) is 2. The monoisotopic (exact) mass is 286 g/mol. The Morgan fingerprint density at radius 3 is 2.71 bits per heavy atom. The molecule has 0 bridgehead atoms. The molecule has 1 aromatic heterocycles. The van der Waals surface area contributed by atoms with E-state index in [1.54, 1.807) is 10.9 Å². The molecule has 0 aliphatic carbocycles. The van der Waals surface area contributed by atoms with E-state index in [2.05, 4.69) is 15.7 Å². The number of carbonyl (C=O) groups excluding carboxylic acids is 1. The molecule has 5 heteroatoms. The lowest BCUT2D eigenvalue weighted by atomic mass is 10.0. The summed E-state index contributed by atoms with van der Waals surface area (Å²) in [5, 5.41) is 10.4. The number of benzene rings is 1. The summed E-state index contributed by atoms with van der Waals surface area (Å²) in [6.07, 6.45) is 3.63. The fourth-order valence-electron chi connectivity index (χ4n) is 2.21. The maximum absolute atomic E-state index is 12.2. The summed E-state index contributed by atoms with van der Waals surface area (Å²) >= 11 is 0. The highest BCUT2D eigenvalue weighted by molar-refractivity contribution is 5.85. The molecule has 1 aromatic carbocycles. The van der Waals surface area contributed by atoms with Gasteiger partial charge >= 0.3 is 0 Å². The van der Waals surface area contributed by atoms with Gasteiger partial charge in [-0.25, -0.2) is 4.68 Å². The van der Waals surface area contributed by atoms with Gasteiger partial charge in [-0.15, -0.1) is 0 Å². The van der Waals surface area contributed by atoms with Gasteiger partial charge in [0.05, 0.1) is 11.2 Å². The van der Waals surface area contributed by atoms with Crippen LogP contribution >= 0.6 is 0 Å². The first-order valence-corrected chi connectivity index (χ1v) is 7.16. The minimum Gasteiger partial charge on any atom is -0.350 e. The van der Waals surface area contributed by atoms with Crippen molar-refractivity contribution in [3.05, 3.63) is 48.3 Å². The lowest BCUT2D eigenvalue weighted by Crippen LogP contribution is -2.52. The molecule has 2 aromatic rings. The molecule has 5 nitrogen and oxygen atoms in total. The van der Waals surface area contributed by atoms with Gasteiger partial charge in [-0.05, 0) is 38.1 Å². The summed E-state index contributed by atoms with van der Waals surface area (Å²) < 4.78 is 1.80. The van der Waals surface area contributed by atoms with Crippen LogP contribution in [0.15, 0.2) is 42.7 Å². The highest BCUT2D eigenvalue weighted by Gasteiger charge is 2.25. The first-order chi connectivity index (χ1) is 10.0. The predicted octanol–water partition coefficient (Wildman–Crippen LogP) is 1.88. The Hall–Kier alpha value is -2.14. The fourth-order valence-corrected chi connectivity index (χ4v) is 2.21. The van der Waals surface area contributed by atoms with Gasteiger partial charge < -0.3 is 10.6 Å². The Morgan fingerprint density at radius 2 is 2.05 bits per heavy atom. The molecule has 2 rings (SSSR count). The lowest BCUT2D eigenvalue weighted by molar-refractivity contribution is -0.126. The van der Waals surface area contributed by atoms with Gasteiger partial charge in [0.25, 0.3) is 0 Å². The molecule has 0 atom stereocenters. The van der Waals surface area contributed by atoms with Crippen LogP contribution in [0.1, 0.15) is 26.3 Å². The molecule has 21 heavy (non-hydrogen) atoms. The highest BCUT2D eigenvalue weighted by Crippen LogP contribution is 2.13. The van der Waals surface area contributed by atoms with Gasteiger partial charge in [-0.1, -0.05) is 25.1 Å². The van der Waals surface area contributed by atoms with E-state index >= 15 is 0 Å². The zero-order valence-electron chi connectivity index (χ0n) is 12.8. The van der Waals surface area contributed by atoms with Gasteiger partial charge in [0.15, 0.2) is 0 Å². The zero-order chi connectivity index (χ0) is 15.3. The number of carbonyl (C=O) groups is 1. The van der Waals surface area contributed by atoms with Crippen molar-refractivity contribution < 1.29 is 4.79 Å². The van der Waals surface area contributed by atoms with Crippen LogP contribution in [0.4, 0.5) is 0 Å². The molecule has 0 spiro atoms. The zero-order valence-corrected chi connectivity index (χ0v) is 12.8. The molecule has 112 valence electrons. The number of likely N-dealkylation sites (N-methyl/N-ethyl adjacent to an activating group) is 1. The molecule has 2 N–H and O–H groups in total. The number of hydrogen-bond donors (Lipinski definition) is 2. The van der Waals surface area contributed by atoms with Crippen LogP contribution in [0, 0.1) is 0 Å². The second-order valence-electron chi connectivity index (χ2n) is 5.42. The average Bonchev–Trinajstić information content (AvgIpc) is 2.99. The molecular formula is C16H22N4O. The van der Waals surface area contributed by atoms with Crippen molar-refractivity contribution in [2.45, 2.75) is 32.9 Å². The Labute approximate surface area is 125 Å². The second kappa shape index (κ2) is 6.54. The van der Waals surface area contributed by atoms with Crippen LogP contribution < -0.4 is 10.6 Å². The highest BCUT2D eigenvalue weighted by atomic mass is 16.2. The predicted molar refractivity (Wildman–Crippen MR) is 83.2 cm³/mol. The molecule has 0 aliphatic heterocycles. The van der Waals surface area contributed by atoms with Gasteiger partial charge in [0.1, 0.15) is 0 Å². The largest absolute Gasteiger partial charge is 0.350 e. The summed E-state index contributed by atoms with van der Waals surface area (Å²) in [5.41, 5.74) is 1.43. The first kappa shape index (κ1) is 15.3. The molecule has 0 saturated carbocycles. The number of aromatic nitrogens is 2. The average molecular weight is 286 g/mol. The smallest absolute Gasteiger partial charge is 0.239 e. The van der Waals surface area contributed by atoms with Crippen LogP contribution in [0.3, 0.4) is 0 Å². The van der Waals surface area contributed by atoms with Gasteiger partial charge in [-0.2, -0.15) is 5.10 Å². The number of hydrogen-bond acceptors (Lipinski definition) is 3. The topological polar surface area (TPSA) is 59.0 Å². The van der Waals surface area contributed by atoms with Crippen LogP contribution in [0.25, 0.3) is 5.69 Å².